The van der Waals surface area contributed by atoms with Crippen molar-refractivity contribution in [2.45, 2.75) is 32.1 Å². The fourth-order valence-corrected chi connectivity index (χ4v) is 3.57. The molecule has 4 nitrogen and oxygen atoms in total. The van der Waals surface area contributed by atoms with Crippen molar-refractivity contribution < 1.29 is 9.59 Å². The average molecular weight is 397 g/mol. The molecule has 5 heteroatoms. The van der Waals surface area contributed by atoms with Crippen molar-refractivity contribution in [2.24, 2.45) is 0 Å². The summed E-state index contributed by atoms with van der Waals surface area (Å²) in [7, 11) is 0. The van der Waals surface area contributed by atoms with Crippen LogP contribution in [-0.2, 0) is 4.79 Å². The molecule has 3 rings (SSSR count). The summed E-state index contributed by atoms with van der Waals surface area (Å²) in [5, 5.41) is 3.04. The minimum atomic E-state index is -0.343. The molecule has 1 N–H and O–H groups in total. The van der Waals surface area contributed by atoms with E-state index in [1.807, 2.05) is 41.3 Å². The lowest BCUT2D eigenvalue weighted by Gasteiger charge is -2.26. The highest BCUT2D eigenvalue weighted by Gasteiger charge is 2.24. The fourth-order valence-electron chi connectivity index (χ4n) is 3.31. The van der Waals surface area contributed by atoms with Gasteiger partial charge in [-0.2, -0.15) is 0 Å². The Morgan fingerprint density at radius 1 is 0.750 bits per heavy atom. The van der Waals surface area contributed by atoms with E-state index in [1.54, 1.807) is 24.3 Å². The highest BCUT2D eigenvalue weighted by molar-refractivity contribution is 6.51. The second-order valence-corrected chi connectivity index (χ2v) is 7.31. The first kappa shape index (κ1) is 20.2. The van der Waals surface area contributed by atoms with Gasteiger partial charge in [-0.1, -0.05) is 79.4 Å². The number of amides is 2. The van der Waals surface area contributed by atoms with E-state index in [2.05, 4.69) is 5.32 Å². The van der Waals surface area contributed by atoms with Crippen LogP contribution >= 0.6 is 11.6 Å². The maximum Gasteiger partial charge on any atom is 0.271 e. The van der Waals surface area contributed by atoms with Gasteiger partial charge in [0.25, 0.3) is 11.8 Å². The quantitative estimate of drug-likeness (QED) is 0.753. The Morgan fingerprint density at radius 3 is 1.82 bits per heavy atom. The Morgan fingerprint density at radius 2 is 1.25 bits per heavy atom. The second-order valence-electron chi connectivity index (χ2n) is 6.94. The fraction of sp³-hybridized carbons (Fsp3) is 0.304. The van der Waals surface area contributed by atoms with Gasteiger partial charge < -0.3 is 10.2 Å². The van der Waals surface area contributed by atoms with Gasteiger partial charge in [0, 0.05) is 18.7 Å². The normalized spacial score (nSPS) is 15.8. The van der Waals surface area contributed by atoms with Crippen molar-refractivity contribution >= 4 is 28.4 Å². The van der Waals surface area contributed by atoms with Crippen LogP contribution in [-0.4, -0.2) is 29.8 Å². The molecule has 0 unspecified atom stereocenters. The molecule has 1 aliphatic rings. The third-order valence-corrected chi connectivity index (χ3v) is 5.29. The van der Waals surface area contributed by atoms with Crippen molar-refractivity contribution in [1.82, 2.24) is 10.2 Å². The van der Waals surface area contributed by atoms with Crippen LogP contribution in [0.5, 0.6) is 0 Å². The topological polar surface area (TPSA) is 49.4 Å². The Hall–Kier alpha value is -2.59. The molecule has 1 heterocycles. The first-order valence-electron chi connectivity index (χ1n) is 9.77. The zero-order chi connectivity index (χ0) is 19.8. The lowest BCUT2D eigenvalue weighted by Crippen LogP contribution is -2.40. The molecule has 0 spiro atoms. The average Bonchev–Trinajstić information content (AvgIpc) is 2.72. The van der Waals surface area contributed by atoms with Crippen molar-refractivity contribution in [1.29, 1.82) is 0 Å². The number of nitrogens with one attached hydrogen (secondary N) is 1. The number of hydrogen-bond donors (Lipinski definition) is 1. The maximum absolute atomic E-state index is 13.3. The summed E-state index contributed by atoms with van der Waals surface area (Å²) in [4.78, 5) is 27.9. The minimum absolute atomic E-state index is 0.141. The van der Waals surface area contributed by atoms with E-state index in [0.29, 0.717) is 24.2 Å². The van der Waals surface area contributed by atoms with Gasteiger partial charge in [-0.05, 0) is 30.5 Å². The summed E-state index contributed by atoms with van der Waals surface area (Å²) in [6.07, 6.45) is 5.38. The number of rotatable bonds is 4. The van der Waals surface area contributed by atoms with Crippen LogP contribution in [0.2, 0.25) is 0 Å². The molecule has 28 heavy (non-hydrogen) atoms. The number of benzene rings is 2. The Kier molecular flexibility index (Phi) is 7.26. The summed E-state index contributed by atoms with van der Waals surface area (Å²) >= 11 is 6.61. The van der Waals surface area contributed by atoms with Gasteiger partial charge in [-0.25, -0.2) is 0 Å². The molecule has 0 atom stereocenters. The van der Waals surface area contributed by atoms with E-state index >= 15 is 0 Å². The number of halogens is 1. The first-order valence-corrected chi connectivity index (χ1v) is 10.2. The van der Waals surface area contributed by atoms with E-state index in [4.69, 9.17) is 11.6 Å². The van der Waals surface area contributed by atoms with Crippen LogP contribution < -0.4 is 5.32 Å². The number of hydrogen-bond acceptors (Lipinski definition) is 2. The van der Waals surface area contributed by atoms with Crippen LogP contribution in [0.3, 0.4) is 0 Å². The SMILES string of the molecule is O=C(N/C(C(=O)N1CCCCCCC1)=C(/Cl)c1ccccc1)c1ccccc1. The van der Waals surface area contributed by atoms with Gasteiger partial charge in [0.05, 0.1) is 5.03 Å². The lowest BCUT2D eigenvalue weighted by molar-refractivity contribution is -0.127. The zero-order valence-corrected chi connectivity index (χ0v) is 16.6. The first-order chi connectivity index (χ1) is 13.7. The summed E-state index contributed by atoms with van der Waals surface area (Å²) in [6, 6.07) is 18.1. The van der Waals surface area contributed by atoms with Crippen molar-refractivity contribution in [3.63, 3.8) is 0 Å². The van der Waals surface area contributed by atoms with Gasteiger partial charge >= 0.3 is 0 Å². The second kappa shape index (κ2) is 10.1. The molecule has 146 valence electrons. The Labute approximate surface area is 171 Å². The van der Waals surface area contributed by atoms with E-state index < -0.39 is 0 Å². The molecule has 0 saturated carbocycles. The van der Waals surface area contributed by atoms with E-state index in [0.717, 1.165) is 25.7 Å². The van der Waals surface area contributed by atoms with E-state index in [1.165, 1.54) is 6.42 Å². The van der Waals surface area contributed by atoms with Gasteiger partial charge in [0.15, 0.2) is 0 Å². The van der Waals surface area contributed by atoms with Crippen LogP contribution in [0.1, 0.15) is 48.0 Å². The van der Waals surface area contributed by atoms with E-state index in [-0.39, 0.29) is 22.5 Å². The molecule has 1 fully saturated rings. The summed E-state index contributed by atoms with van der Waals surface area (Å²) in [5.74, 6) is -0.565. The molecule has 0 aromatic heterocycles. The smallest absolute Gasteiger partial charge is 0.271 e. The van der Waals surface area contributed by atoms with Gasteiger partial charge in [0.1, 0.15) is 5.70 Å². The van der Waals surface area contributed by atoms with E-state index in [9.17, 15) is 9.59 Å². The molecule has 2 aromatic rings. The number of likely N-dealkylation sites (tertiary alicyclic amines) is 1. The number of nitrogens with zero attached hydrogens (tertiary/aromatic N) is 1. The number of carbonyl (C=O) groups is 2. The predicted molar refractivity (Wildman–Crippen MR) is 113 cm³/mol. The molecule has 0 aliphatic carbocycles. The zero-order valence-electron chi connectivity index (χ0n) is 15.9. The van der Waals surface area contributed by atoms with Gasteiger partial charge in [-0.3, -0.25) is 9.59 Å². The highest BCUT2D eigenvalue weighted by atomic mass is 35.5. The molecule has 1 saturated heterocycles. The minimum Gasteiger partial charge on any atom is -0.337 e. The van der Waals surface area contributed by atoms with Crippen molar-refractivity contribution in [3.8, 4) is 0 Å². The maximum atomic E-state index is 13.3. The summed E-state index contributed by atoms with van der Waals surface area (Å²) in [6.45, 7) is 1.37. The predicted octanol–water partition coefficient (Wildman–Crippen LogP) is 4.82. The molecule has 2 amide bonds. The van der Waals surface area contributed by atoms with Crippen LogP contribution in [0.15, 0.2) is 66.4 Å². The summed E-state index contributed by atoms with van der Waals surface area (Å²) < 4.78 is 0. The highest BCUT2D eigenvalue weighted by Crippen LogP contribution is 2.24. The van der Waals surface area contributed by atoms with Gasteiger partial charge in [0.2, 0.25) is 0 Å². The van der Waals surface area contributed by atoms with Crippen LogP contribution in [0.4, 0.5) is 0 Å². The molecule has 0 radical (unpaired) electrons. The summed E-state index contributed by atoms with van der Waals surface area (Å²) in [5.41, 5.74) is 1.33. The molecule has 0 bridgehead atoms. The number of carbonyl (C=O) groups excluding carboxylic acids is 2. The molecule has 1 aliphatic heterocycles. The Balaban J connectivity index is 1.92. The van der Waals surface area contributed by atoms with Crippen molar-refractivity contribution in [3.05, 3.63) is 77.5 Å². The molecular formula is C23H25ClN2O2. The molecular weight excluding hydrogens is 372 g/mol. The van der Waals surface area contributed by atoms with Crippen LogP contribution in [0, 0.1) is 0 Å². The molecule has 2 aromatic carbocycles. The Bertz CT molecular complexity index is 826. The standard InChI is InChI=1S/C23H25ClN2O2/c24-20(18-12-6-4-7-13-18)21(25-22(27)19-14-8-5-9-15-19)23(28)26-16-10-2-1-3-11-17-26/h4-9,12-15H,1-3,10-11,16-17H2,(H,25,27)/b21-20+. The third kappa shape index (κ3) is 5.23. The monoisotopic (exact) mass is 396 g/mol. The largest absolute Gasteiger partial charge is 0.337 e. The third-order valence-electron chi connectivity index (χ3n) is 4.88. The van der Waals surface area contributed by atoms with Crippen molar-refractivity contribution in [2.75, 3.05) is 13.1 Å². The lowest BCUT2D eigenvalue weighted by atomic mass is 10.1. The van der Waals surface area contributed by atoms with Gasteiger partial charge in [-0.15, -0.1) is 0 Å². The van der Waals surface area contributed by atoms with Crippen LogP contribution in [0.25, 0.3) is 5.03 Å².